The minimum atomic E-state index is -0.346. The Labute approximate surface area is 138 Å². The SMILES string of the molecule is CCC(CC)(CN)C(=O)N1CCC(CSc2ccccc2)C1. The molecule has 1 saturated heterocycles. The summed E-state index contributed by atoms with van der Waals surface area (Å²) >= 11 is 1.89. The fourth-order valence-corrected chi connectivity index (χ4v) is 4.20. The zero-order chi connectivity index (χ0) is 16.0. The average molecular weight is 321 g/mol. The van der Waals surface area contributed by atoms with Crippen molar-refractivity contribution in [2.45, 2.75) is 38.0 Å². The van der Waals surface area contributed by atoms with Gasteiger partial charge in [0.1, 0.15) is 0 Å². The summed E-state index contributed by atoms with van der Waals surface area (Å²) in [4.78, 5) is 16.2. The minimum absolute atomic E-state index is 0.271. The number of carbonyl (C=O) groups is 1. The van der Waals surface area contributed by atoms with Crippen LogP contribution in [-0.4, -0.2) is 36.2 Å². The van der Waals surface area contributed by atoms with Crippen LogP contribution in [0.4, 0.5) is 0 Å². The summed E-state index contributed by atoms with van der Waals surface area (Å²) in [6.07, 6.45) is 2.77. The Morgan fingerprint density at radius 1 is 1.32 bits per heavy atom. The zero-order valence-corrected chi connectivity index (χ0v) is 14.6. The van der Waals surface area contributed by atoms with Crippen LogP contribution in [0.3, 0.4) is 0 Å². The maximum Gasteiger partial charge on any atom is 0.230 e. The fraction of sp³-hybridized carbons (Fsp3) is 0.611. The Kier molecular flexibility index (Phi) is 6.33. The zero-order valence-electron chi connectivity index (χ0n) is 13.8. The molecule has 1 fully saturated rings. The molecule has 0 saturated carbocycles. The van der Waals surface area contributed by atoms with Crippen LogP contribution < -0.4 is 5.73 Å². The highest BCUT2D eigenvalue weighted by Gasteiger charge is 2.39. The lowest BCUT2D eigenvalue weighted by atomic mass is 9.81. The first kappa shape index (κ1) is 17.4. The van der Waals surface area contributed by atoms with Gasteiger partial charge in [0.05, 0.1) is 5.41 Å². The van der Waals surface area contributed by atoms with E-state index in [4.69, 9.17) is 5.73 Å². The van der Waals surface area contributed by atoms with Gasteiger partial charge in [0, 0.05) is 30.3 Å². The van der Waals surface area contributed by atoms with E-state index in [-0.39, 0.29) is 11.3 Å². The minimum Gasteiger partial charge on any atom is -0.342 e. The summed E-state index contributed by atoms with van der Waals surface area (Å²) in [5.41, 5.74) is 5.57. The van der Waals surface area contributed by atoms with Gasteiger partial charge in [0.2, 0.25) is 5.91 Å². The van der Waals surface area contributed by atoms with Gasteiger partial charge in [0.15, 0.2) is 0 Å². The highest BCUT2D eigenvalue weighted by molar-refractivity contribution is 7.99. The van der Waals surface area contributed by atoms with Gasteiger partial charge in [-0.1, -0.05) is 32.0 Å². The standard InChI is InChI=1S/C18H28N2OS/c1-3-18(4-2,14-19)17(21)20-11-10-15(12-20)13-22-16-8-6-5-7-9-16/h5-9,15H,3-4,10-14,19H2,1-2H3. The number of hydrogen-bond donors (Lipinski definition) is 1. The van der Waals surface area contributed by atoms with E-state index in [1.807, 2.05) is 17.8 Å². The molecule has 1 aliphatic rings. The number of likely N-dealkylation sites (tertiary alicyclic amines) is 1. The lowest BCUT2D eigenvalue weighted by molar-refractivity contribution is -0.141. The number of carbonyl (C=O) groups excluding carboxylic acids is 1. The van der Waals surface area contributed by atoms with Crippen LogP contribution in [0.1, 0.15) is 33.1 Å². The number of nitrogens with two attached hydrogens (primary N) is 1. The van der Waals surface area contributed by atoms with E-state index >= 15 is 0 Å². The first-order valence-corrected chi connectivity index (χ1v) is 9.31. The van der Waals surface area contributed by atoms with Crippen molar-refractivity contribution < 1.29 is 4.79 Å². The lowest BCUT2D eigenvalue weighted by Crippen LogP contribution is -2.46. The molecule has 1 amide bonds. The van der Waals surface area contributed by atoms with Gasteiger partial charge in [-0.25, -0.2) is 0 Å². The molecule has 0 aliphatic carbocycles. The van der Waals surface area contributed by atoms with Gasteiger partial charge in [-0.2, -0.15) is 0 Å². The quantitative estimate of drug-likeness (QED) is 0.783. The maximum atomic E-state index is 12.8. The van der Waals surface area contributed by atoms with Crippen LogP contribution in [0.5, 0.6) is 0 Å². The van der Waals surface area contributed by atoms with Crippen molar-refractivity contribution in [3.8, 4) is 0 Å². The second-order valence-electron chi connectivity index (χ2n) is 6.22. The molecule has 1 atom stereocenters. The molecule has 1 aliphatic heterocycles. The van der Waals surface area contributed by atoms with Crippen molar-refractivity contribution in [2.75, 3.05) is 25.4 Å². The van der Waals surface area contributed by atoms with Crippen LogP contribution in [-0.2, 0) is 4.79 Å². The maximum absolute atomic E-state index is 12.8. The van der Waals surface area contributed by atoms with Crippen LogP contribution in [0.2, 0.25) is 0 Å². The molecule has 2 rings (SSSR count). The highest BCUT2D eigenvalue weighted by Crippen LogP contribution is 2.32. The molecule has 3 nitrogen and oxygen atoms in total. The Bertz CT molecular complexity index is 465. The van der Waals surface area contributed by atoms with Gasteiger partial charge < -0.3 is 10.6 Å². The normalized spacial score (nSPS) is 18.7. The van der Waals surface area contributed by atoms with E-state index < -0.39 is 0 Å². The second kappa shape index (κ2) is 8.02. The van der Waals surface area contributed by atoms with E-state index in [0.717, 1.165) is 38.1 Å². The van der Waals surface area contributed by atoms with Crippen LogP contribution in [0, 0.1) is 11.3 Å². The number of amides is 1. The van der Waals surface area contributed by atoms with E-state index in [0.29, 0.717) is 12.5 Å². The highest BCUT2D eigenvalue weighted by atomic mass is 32.2. The monoisotopic (exact) mass is 320 g/mol. The predicted molar refractivity (Wildman–Crippen MR) is 93.9 cm³/mol. The van der Waals surface area contributed by atoms with Gasteiger partial charge in [-0.3, -0.25) is 4.79 Å². The van der Waals surface area contributed by atoms with Gasteiger partial charge in [-0.15, -0.1) is 11.8 Å². The van der Waals surface area contributed by atoms with Crippen molar-refractivity contribution >= 4 is 17.7 Å². The first-order valence-electron chi connectivity index (χ1n) is 8.32. The Morgan fingerprint density at radius 2 is 2.00 bits per heavy atom. The molecule has 4 heteroatoms. The third kappa shape index (κ3) is 3.85. The van der Waals surface area contributed by atoms with Gasteiger partial charge in [0.25, 0.3) is 0 Å². The smallest absolute Gasteiger partial charge is 0.230 e. The molecule has 1 heterocycles. The molecular weight excluding hydrogens is 292 g/mol. The van der Waals surface area contributed by atoms with Crippen molar-refractivity contribution in [1.29, 1.82) is 0 Å². The number of hydrogen-bond acceptors (Lipinski definition) is 3. The van der Waals surface area contributed by atoms with Crippen molar-refractivity contribution in [1.82, 2.24) is 4.90 Å². The van der Waals surface area contributed by atoms with Crippen molar-refractivity contribution in [2.24, 2.45) is 17.1 Å². The summed E-state index contributed by atoms with van der Waals surface area (Å²) in [7, 11) is 0. The fourth-order valence-electron chi connectivity index (χ4n) is 3.15. The van der Waals surface area contributed by atoms with Crippen LogP contribution >= 0.6 is 11.8 Å². The van der Waals surface area contributed by atoms with Gasteiger partial charge in [-0.05, 0) is 37.3 Å². The van der Waals surface area contributed by atoms with Crippen LogP contribution in [0.15, 0.2) is 35.2 Å². The third-order valence-electron chi connectivity index (χ3n) is 5.00. The Balaban J connectivity index is 1.88. The molecule has 0 aromatic heterocycles. The van der Waals surface area contributed by atoms with E-state index in [9.17, 15) is 4.79 Å². The molecule has 22 heavy (non-hydrogen) atoms. The molecule has 122 valence electrons. The summed E-state index contributed by atoms with van der Waals surface area (Å²) in [5, 5.41) is 0. The summed E-state index contributed by atoms with van der Waals surface area (Å²) in [5.74, 6) is 1.95. The summed E-state index contributed by atoms with van der Waals surface area (Å²) in [6, 6.07) is 10.5. The number of rotatable bonds is 7. The average Bonchev–Trinajstić information content (AvgIpc) is 3.05. The lowest BCUT2D eigenvalue weighted by Gasteiger charge is -2.33. The molecule has 0 bridgehead atoms. The molecule has 2 N–H and O–H groups in total. The van der Waals surface area contributed by atoms with Crippen molar-refractivity contribution in [3.63, 3.8) is 0 Å². The number of thioether (sulfide) groups is 1. The summed E-state index contributed by atoms with van der Waals surface area (Å²) in [6.45, 7) is 6.39. The third-order valence-corrected chi connectivity index (χ3v) is 6.24. The van der Waals surface area contributed by atoms with E-state index in [1.54, 1.807) is 0 Å². The Hall–Kier alpha value is -1.00. The largest absolute Gasteiger partial charge is 0.342 e. The predicted octanol–water partition coefficient (Wildman–Crippen LogP) is 3.39. The Morgan fingerprint density at radius 3 is 2.59 bits per heavy atom. The van der Waals surface area contributed by atoms with Gasteiger partial charge >= 0.3 is 0 Å². The molecule has 0 radical (unpaired) electrons. The van der Waals surface area contributed by atoms with Crippen molar-refractivity contribution in [3.05, 3.63) is 30.3 Å². The second-order valence-corrected chi connectivity index (χ2v) is 7.31. The number of benzene rings is 1. The van der Waals surface area contributed by atoms with E-state index in [1.165, 1.54) is 4.90 Å². The molecule has 0 spiro atoms. The van der Waals surface area contributed by atoms with Crippen LogP contribution in [0.25, 0.3) is 0 Å². The first-order chi connectivity index (χ1) is 10.6. The topological polar surface area (TPSA) is 46.3 Å². The molecule has 1 unspecified atom stereocenters. The number of nitrogens with zero attached hydrogens (tertiary/aromatic N) is 1. The molecule has 1 aromatic rings. The summed E-state index contributed by atoms with van der Waals surface area (Å²) < 4.78 is 0. The van der Waals surface area contributed by atoms with E-state index in [2.05, 4.69) is 43.0 Å². The molecular formula is C18H28N2OS. The molecule has 1 aromatic carbocycles.